The monoisotopic (exact) mass is 373 g/mol. The summed E-state index contributed by atoms with van der Waals surface area (Å²) < 4.78 is 0. The maximum atomic E-state index is 11.9. The van der Waals surface area contributed by atoms with Crippen LogP contribution in [-0.2, 0) is 4.79 Å². The Hall–Kier alpha value is -1.30. The standard InChI is InChI=1S/C17H24ClN3O2.ClH/c1-12-8-10-19-11-15(12)21-16(22)3-2-9-20-17(23)13-4-6-14(18)7-5-13;/h4-7,12,15,19H,2-3,8-11H2,1H3,(H,20,23)(H,21,22);1H. The van der Waals surface area contributed by atoms with E-state index in [0.29, 0.717) is 35.9 Å². The van der Waals surface area contributed by atoms with Gasteiger partial charge in [0.05, 0.1) is 0 Å². The average Bonchev–Trinajstić information content (AvgIpc) is 2.54. The molecule has 1 fully saturated rings. The third-order valence-corrected chi connectivity index (χ3v) is 4.40. The number of benzene rings is 1. The zero-order valence-corrected chi connectivity index (χ0v) is 15.4. The minimum Gasteiger partial charge on any atom is -0.352 e. The molecule has 1 heterocycles. The maximum absolute atomic E-state index is 11.9. The molecule has 0 aromatic heterocycles. The van der Waals surface area contributed by atoms with Crippen LogP contribution in [0.2, 0.25) is 5.02 Å². The van der Waals surface area contributed by atoms with Crippen molar-refractivity contribution in [3.8, 4) is 0 Å². The molecule has 2 amide bonds. The van der Waals surface area contributed by atoms with Crippen LogP contribution in [0.3, 0.4) is 0 Å². The molecule has 3 N–H and O–H groups in total. The van der Waals surface area contributed by atoms with E-state index < -0.39 is 0 Å². The van der Waals surface area contributed by atoms with Crippen molar-refractivity contribution >= 4 is 35.8 Å². The summed E-state index contributed by atoms with van der Waals surface area (Å²) in [6.07, 6.45) is 2.13. The number of hydrogen-bond donors (Lipinski definition) is 3. The summed E-state index contributed by atoms with van der Waals surface area (Å²) in [4.78, 5) is 23.8. The fraction of sp³-hybridized carbons (Fsp3) is 0.529. The van der Waals surface area contributed by atoms with E-state index in [4.69, 9.17) is 11.6 Å². The van der Waals surface area contributed by atoms with Crippen LogP contribution in [0.5, 0.6) is 0 Å². The molecule has 0 spiro atoms. The maximum Gasteiger partial charge on any atom is 0.251 e. The van der Waals surface area contributed by atoms with E-state index in [1.807, 2.05) is 0 Å². The third-order valence-electron chi connectivity index (χ3n) is 4.15. The number of hydrogen-bond acceptors (Lipinski definition) is 3. The summed E-state index contributed by atoms with van der Waals surface area (Å²) in [5.74, 6) is 0.406. The van der Waals surface area contributed by atoms with Gasteiger partial charge in [0.2, 0.25) is 5.91 Å². The van der Waals surface area contributed by atoms with Gasteiger partial charge in [0.15, 0.2) is 0 Å². The van der Waals surface area contributed by atoms with Gasteiger partial charge in [-0.15, -0.1) is 12.4 Å². The molecule has 2 unspecified atom stereocenters. The molecule has 0 aliphatic carbocycles. The molecule has 1 aliphatic rings. The summed E-state index contributed by atoms with van der Waals surface area (Å²) in [5, 5.41) is 9.77. The highest BCUT2D eigenvalue weighted by molar-refractivity contribution is 6.30. The van der Waals surface area contributed by atoms with Crippen molar-refractivity contribution in [2.45, 2.75) is 32.2 Å². The zero-order valence-electron chi connectivity index (χ0n) is 13.8. The molecule has 7 heteroatoms. The quantitative estimate of drug-likeness (QED) is 0.670. The van der Waals surface area contributed by atoms with Crippen molar-refractivity contribution in [2.24, 2.45) is 5.92 Å². The predicted octanol–water partition coefficient (Wildman–Crippen LogP) is 2.39. The largest absolute Gasteiger partial charge is 0.352 e. The van der Waals surface area contributed by atoms with E-state index >= 15 is 0 Å². The summed E-state index contributed by atoms with van der Waals surface area (Å²) in [5.41, 5.74) is 0.570. The van der Waals surface area contributed by atoms with Crippen molar-refractivity contribution in [1.82, 2.24) is 16.0 Å². The molecule has 1 aromatic carbocycles. The first-order valence-electron chi connectivity index (χ1n) is 8.10. The second-order valence-corrected chi connectivity index (χ2v) is 6.45. The lowest BCUT2D eigenvalue weighted by Gasteiger charge is -2.30. The Bertz CT molecular complexity index is 537. The van der Waals surface area contributed by atoms with Crippen LogP contribution in [0.1, 0.15) is 36.5 Å². The molecule has 0 saturated carbocycles. The van der Waals surface area contributed by atoms with Crippen molar-refractivity contribution in [1.29, 1.82) is 0 Å². The number of halogens is 2. The Morgan fingerprint density at radius 3 is 2.67 bits per heavy atom. The fourth-order valence-electron chi connectivity index (χ4n) is 2.62. The fourth-order valence-corrected chi connectivity index (χ4v) is 2.74. The van der Waals surface area contributed by atoms with E-state index in [1.54, 1.807) is 24.3 Å². The second kappa shape index (κ2) is 10.5. The van der Waals surface area contributed by atoms with Gasteiger partial charge in [0, 0.05) is 36.1 Å². The first-order valence-corrected chi connectivity index (χ1v) is 8.48. The smallest absolute Gasteiger partial charge is 0.251 e. The van der Waals surface area contributed by atoms with E-state index in [9.17, 15) is 9.59 Å². The van der Waals surface area contributed by atoms with Gasteiger partial charge >= 0.3 is 0 Å². The SMILES string of the molecule is CC1CCNCC1NC(=O)CCCNC(=O)c1ccc(Cl)cc1.Cl. The summed E-state index contributed by atoms with van der Waals surface area (Å²) >= 11 is 5.79. The van der Waals surface area contributed by atoms with Crippen LogP contribution in [0.4, 0.5) is 0 Å². The number of rotatable bonds is 6. The molecular weight excluding hydrogens is 349 g/mol. The van der Waals surface area contributed by atoms with Gasteiger partial charge in [-0.3, -0.25) is 9.59 Å². The van der Waals surface area contributed by atoms with Crippen molar-refractivity contribution in [2.75, 3.05) is 19.6 Å². The number of carbonyl (C=O) groups is 2. The van der Waals surface area contributed by atoms with E-state index in [1.165, 1.54) is 0 Å². The number of carbonyl (C=O) groups excluding carboxylic acids is 2. The van der Waals surface area contributed by atoms with Gasteiger partial charge in [-0.05, 0) is 49.6 Å². The lowest BCUT2D eigenvalue weighted by Crippen LogP contribution is -2.50. The Kier molecular flexibility index (Phi) is 9.11. The van der Waals surface area contributed by atoms with Crippen LogP contribution in [0.15, 0.2) is 24.3 Å². The molecule has 0 radical (unpaired) electrons. The van der Waals surface area contributed by atoms with Crippen LogP contribution in [-0.4, -0.2) is 37.5 Å². The highest BCUT2D eigenvalue weighted by atomic mass is 35.5. The van der Waals surface area contributed by atoms with Gasteiger partial charge in [-0.25, -0.2) is 0 Å². The van der Waals surface area contributed by atoms with Gasteiger partial charge < -0.3 is 16.0 Å². The molecular formula is C17H25Cl2N3O2. The predicted molar refractivity (Wildman–Crippen MR) is 98.8 cm³/mol. The van der Waals surface area contributed by atoms with Gasteiger partial charge in [-0.2, -0.15) is 0 Å². The van der Waals surface area contributed by atoms with Gasteiger partial charge in [0.25, 0.3) is 5.91 Å². The summed E-state index contributed by atoms with van der Waals surface area (Å²) in [7, 11) is 0. The number of piperidine rings is 1. The lowest BCUT2D eigenvalue weighted by molar-refractivity contribution is -0.122. The van der Waals surface area contributed by atoms with Crippen LogP contribution in [0.25, 0.3) is 0 Å². The van der Waals surface area contributed by atoms with Crippen LogP contribution >= 0.6 is 24.0 Å². The zero-order chi connectivity index (χ0) is 16.7. The Balaban J connectivity index is 0.00000288. The topological polar surface area (TPSA) is 70.2 Å². The first kappa shape index (κ1) is 20.7. The number of nitrogens with one attached hydrogen (secondary N) is 3. The Morgan fingerprint density at radius 1 is 1.29 bits per heavy atom. The van der Waals surface area contributed by atoms with Crippen LogP contribution in [0, 0.1) is 5.92 Å². The van der Waals surface area contributed by atoms with E-state index in [-0.39, 0.29) is 30.3 Å². The molecule has 1 aromatic rings. The molecule has 0 bridgehead atoms. The Labute approximate surface area is 154 Å². The minimum absolute atomic E-state index is 0. The number of amides is 2. The molecule has 24 heavy (non-hydrogen) atoms. The minimum atomic E-state index is -0.146. The normalized spacial score (nSPS) is 19.9. The highest BCUT2D eigenvalue weighted by Crippen LogP contribution is 2.11. The third kappa shape index (κ3) is 6.67. The molecule has 2 atom stereocenters. The van der Waals surface area contributed by atoms with E-state index in [0.717, 1.165) is 19.5 Å². The molecule has 1 aliphatic heterocycles. The van der Waals surface area contributed by atoms with Gasteiger partial charge in [-0.1, -0.05) is 18.5 Å². The van der Waals surface area contributed by atoms with Crippen molar-refractivity contribution in [3.63, 3.8) is 0 Å². The molecule has 5 nitrogen and oxygen atoms in total. The van der Waals surface area contributed by atoms with Crippen LogP contribution < -0.4 is 16.0 Å². The average molecular weight is 374 g/mol. The second-order valence-electron chi connectivity index (χ2n) is 6.01. The molecule has 134 valence electrons. The Morgan fingerprint density at radius 2 is 2.00 bits per heavy atom. The summed E-state index contributed by atoms with van der Waals surface area (Å²) in [6.45, 7) is 4.50. The van der Waals surface area contributed by atoms with Crippen molar-refractivity contribution in [3.05, 3.63) is 34.9 Å². The van der Waals surface area contributed by atoms with Gasteiger partial charge in [0.1, 0.15) is 0 Å². The highest BCUT2D eigenvalue weighted by Gasteiger charge is 2.22. The van der Waals surface area contributed by atoms with E-state index in [2.05, 4.69) is 22.9 Å². The summed E-state index contributed by atoms with van der Waals surface area (Å²) in [6, 6.07) is 6.94. The van der Waals surface area contributed by atoms with Crippen molar-refractivity contribution < 1.29 is 9.59 Å². The molecule has 2 rings (SSSR count). The molecule has 1 saturated heterocycles. The first-order chi connectivity index (χ1) is 11.1. The lowest BCUT2D eigenvalue weighted by atomic mass is 9.95.